The third kappa shape index (κ3) is 4.50. The number of pyridine rings is 1. The van der Waals surface area contributed by atoms with Crippen molar-refractivity contribution in [2.75, 3.05) is 24.3 Å². The standard InChI is InChI=1S/C30H26N8O3/c1-17-22(14-31)27(36-30(32)34-17)37-16-20(39)13-24(37)28-35-23-10-6-9-21(18-11-12-25(41-2)33-15-18)26(23)29(40)38(28)19-7-4-3-5-8-19/h3-12,15,20,24,39H,13,16H2,1-2H3,(H2,32,34,36)/t20-,24-/m0/s1. The lowest BCUT2D eigenvalue weighted by atomic mass is 10.0. The molecule has 3 aromatic heterocycles. The summed E-state index contributed by atoms with van der Waals surface area (Å²) in [7, 11) is 1.55. The smallest absolute Gasteiger partial charge is 0.266 e. The average Bonchev–Trinajstić information content (AvgIpc) is 3.38. The van der Waals surface area contributed by atoms with Gasteiger partial charge in [0.25, 0.3) is 5.56 Å². The van der Waals surface area contributed by atoms with Crippen molar-refractivity contribution in [2.24, 2.45) is 0 Å². The highest BCUT2D eigenvalue weighted by Crippen LogP contribution is 2.38. The van der Waals surface area contributed by atoms with E-state index in [1.54, 1.807) is 41.8 Å². The van der Waals surface area contributed by atoms with Gasteiger partial charge in [-0.15, -0.1) is 0 Å². The number of para-hydroxylation sites is 1. The molecule has 0 unspecified atom stereocenters. The Hall–Kier alpha value is -5.34. The average molecular weight is 547 g/mol. The summed E-state index contributed by atoms with van der Waals surface area (Å²) in [5, 5.41) is 21.2. The van der Waals surface area contributed by atoms with Gasteiger partial charge in [-0.25, -0.2) is 15.0 Å². The molecule has 4 heterocycles. The molecule has 1 saturated heterocycles. The largest absolute Gasteiger partial charge is 0.481 e. The van der Waals surface area contributed by atoms with Crippen LogP contribution in [0.4, 0.5) is 11.8 Å². The van der Waals surface area contributed by atoms with Gasteiger partial charge in [-0.2, -0.15) is 10.2 Å². The van der Waals surface area contributed by atoms with Crippen LogP contribution >= 0.6 is 0 Å². The number of aryl methyl sites for hydroxylation is 1. The number of fused-ring (bicyclic) bond motifs is 1. The van der Waals surface area contributed by atoms with Gasteiger partial charge in [0.05, 0.1) is 41.5 Å². The third-order valence-electron chi connectivity index (χ3n) is 7.24. The van der Waals surface area contributed by atoms with Crippen LogP contribution in [0.2, 0.25) is 0 Å². The van der Waals surface area contributed by atoms with Crippen LogP contribution in [-0.4, -0.2) is 49.4 Å². The number of ether oxygens (including phenoxy) is 1. The number of hydrogen-bond acceptors (Lipinski definition) is 10. The number of methoxy groups -OCH3 is 1. The van der Waals surface area contributed by atoms with Gasteiger partial charge in [-0.1, -0.05) is 30.3 Å². The summed E-state index contributed by atoms with van der Waals surface area (Å²) in [5.74, 6) is 1.19. The van der Waals surface area contributed by atoms with Gasteiger partial charge < -0.3 is 20.5 Å². The number of nitriles is 1. The zero-order valence-electron chi connectivity index (χ0n) is 22.4. The van der Waals surface area contributed by atoms with E-state index in [9.17, 15) is 15.2 Å². The lowest BCUT2D eigenvalue weighted by molar-refractivity contribution is 0.193. The van der Waals surface area contributed by atoms with Gasteiger partial charge in [-0.3, -0.25) is 9.36 Å². The molecule has 2 aromatic carbocycles. The monoisotopic (exact) mass is 546 g/mol. The van der Waals surface area contributed by atoms with Crippen molar-refractivity contribution in [3.8, 4) is 28.8 Å². The van der Waals surface area contributed by atoms with Crippen LogP contribution in [0, 0.1) is 18.3 Å². The summed E-state index contributed by atoms with van der Waals surface area (Å²) < 4.78 is 6.77. The molecule has 6 rings (SSSR count). The second-order valence-corrected chi connectivity index (χ2v) is 9.77. The second kappa shape index (κ2) is 10.3. The van der Waals surface area contributed by atoms with Gasteiger partial charge in [-0.05, 0) is 36.8 Å². The summed E-state index contributed by atoms with van der Waals surface area (Å²) in [6, 6.07) is 19.9. The Morgan fingerprint density at radius 2 is 1.88 bits per heavy atom. The fourth-order valence-corrected chi connectivity index (χ4v) is 5.41. The van der Waals surface area contributed by atoms with E-state index in [-0.39, 0.29) is 30.0 Å². The maximum atomic E-state index is 14.5. The molecule has 0 spiro atoms. The second-order valence-electron chi connectivity index (χ2n) is 9.77. The number of β-amino-alcohol motifs (C(OH)–C–C–N with tert-alkyl or cyclic N) is 1. The van der Waals surface area contributed by atoms with Crippen LogP contribution in [-0.2, 0) is 0 Å². The minimum Gasteiger partial charge on any atom is -0.481 e. The van der Waals surface area contributed by atoms with E-state index < -0.39 is 12.1 Å². The molecular formula is C30H26N8O3. The molecule has 1 aliphatic rings. The number of nitrogen functional groups attached to an aromatic ring is 1. The molecule has 11 nitrogen and oxygen atoms in total. The Morgan fingerprint density at radius 3 is 2.59 bits per heavy atom. The Balaban J connectivity index is 1.62. The first-order valence-corrected chi connectivity index (χ1v) is 13.0. The van der Waals surface area contributed by atoms with Gasteiger partial charge in [0.15, 0.2) is 5.82 Å². The molecular weight excluding hydrogens is 520 g/mol. The fraction of sp³-hybridized carbons (Fsp3) is 0.200. The van der Waals surface area contributed by atoms with Crippen LogP contribution in [0.1, 0.15) is 29.5 Å². The Kier molecular flexibility index (Phi) is 6.53. The molecule has 1 fully saturated rings. The number of anilines is 2. The molecule has 0 radical (unpaired) electrons. The number of hydrogen-bond donors (Lipinski definition) is 2. The number of benzene rings is 2. The number of rotatable bonds is 5. The van der Waals surface area contributed by atoms with Gasteiger partial charge in [0.1, 0.15) is 17.5 Å². The van der Waals surface area contributed by atoms with Crippen LogP contribution in [0.3, 0.4) is 0 Å². The number of aliphatic hydroxyl groups is 1. The van der Waals surface area contributed by atoms with Gasteiger partial charge in [0.2, 0.25) is 11.8 Å². The van der Waals surface area contributed by atoms with E-state index in [2.05, 4.69) is 21.0 Å². The lowest BCUT2D eigenvalue weighted by Gasteiger charge is -2.28. The quantitative estimate of drug-likeness (QED) is 0.335. The molecule has 204 valence electrons. The van der Waals surface area contributed by atoms with Gasteiger partial charge >= 0.3 is 0 Å². The minimum absolute atomic E-state index is 0.0151. The summed E-state index contributed by atoms with van der Waals surface area (Å²) in [5.41, 5.74) is 8.91. The van der Waals surface area contributed by atoms with Crippen molar-refractivity contribution in [2.45, 2.75) is 25.5 Å². The zero-order valence-corrected chi connectivity index (χ0v) is 22.4. The maximum absolute atomic E-state index is 14.5. The van der Waals surface area contributed by atoms with E-state index >= 15 is 0 Å². The highest BCUT2D eigenvalue weighted by atomic mass is 16.5. The molecule has 0 aliphatic carbocycles. The van der Waals surface area contributed by atoms with Crippen molar-refractivity contribution < 1.29 is 9.84 Å². The van der Waals surface area contributed by atoms with E-state index in [0.717, 1.165) is 5.56 Å². The number of aromatic nitrogens is 5. The van der Waals surface area contributed by atoms with Crippen molar-refractivity contribution in [3.63, 3.8) is 0 Å². The summed E-state index contributed by atoms with van der Waals surface area (Å²) in [6.07, 6.45) is 1.17. The van der Waals surface area contributed by atoms with Gasteiger partial charge in [0, 0.05) is 30.8 Å². The zero-order chi connectivity index (χ0) is 28.7. The predicted molar refractivity (Wildman–Crippen MR) is 154 cm³/mol. The van der Waals surface area contributed by atoms with Crippen LogP contribution in [0.15, 0.2) is 71.7 Å². The molecule has 1 aliphatic heterocycles. The van der Waals surface area contributed by atoms with Crippen molar-refractivity contribution in [1.82, 2.24) is 24.5 Å². The molecule has 3 N–H and O–H groups in total. The predicted octanol–water partition coefficient (Wildman–Crippen LogP) is 3.32. The Bertz CT molecular complexity index is 1870. The summed E-state index contributed by atoms with van der Waals surface area (Å²) in [6.45, 7) is 1.86. The summed E-state index contributed by atoms with van der Waals surface area (Å²) in [4.78, 5) is 34.1. The molecule has 5 aromatic rings. The third-order valence-corrected chi connectivity index (χ3v) is 7.24. The first-order valence-electron chi connectivity index (χ1n) is 13.0. The molecule has 0 saturated carbocycles. The fourth-order valence-electron chi connectivity index (χ4n) is 5.41. The van der Waals surface area contributed by atoms with E-state index in [1.807, 2.05) is 48.5 Å². The molecule has 2 atom stereocenters. The SMILES string of the molecule is COc1ccc(-c2cccc3nc([C@@H]4C[C@H](O)CN4c4nc(N)nc(C)c4C#N)n(-c4ccccc4)c(=O)c23)cn1. The van der Waals surface area contributed by atoms with E-state index in [1.165, 1.54) is 0 Å². The normalized spacial score (nSPS) is 16.6. The van der Waals surface area contributed by atoms with Crippen LogP contribution < -0.4 is 20.9 Å². The Labute approximate surface area is 235 Å². The topological polar surface area (TPSA) is 156 Å². The molecule has 41 heavy (non-hydrogen) atoms. The van der Waals surface area contributed by atoms with E-state index in [4.69, 9.17) is 15.5 Å². The number of aliphatic hydroxyl groups excluding tert-OH is 1. The highest BCUT2D eigenvalue weighted by Gasteiger charge is 2.38. The first-order chi connectivity index (χ1) is 19.9. The Morgan fingerprint density at radius 1 is 1.07 bits per heavy atom. The highest BCUT2D eigenvalue weighted by molar-refractivity contribution is 5.94. The molecule has 0 bridgehead atoms. The number of nitrogens with zero attached hydrogens (tertiary/aromatic N) is 7. The van der Waals surface area contributed by atoms with Crippen molar-refractivity contribution >= 4 is 22.7 Å². The lowest BCUT2D eigenvalue weighted by Crippen LogP contribution is -2.33. The van der Waals surface area contributed by atoms with Crippen molar-refractivity contribution in [1.29, 1.82) is 5.26 Å². The number of nitrogens with two attached hydrogens (primary N) is 1. The molecule has 11 heteroatoms. The minimum atomic E-state index is -0.753. The van der Waals surface area contributed by atoms with Crippen LogP contribution in [0.25, 0.3) is 27.7 Å². The summed E-state index contributed by atoms with van der Waals surface area (Å²) >= 11 is 0. The van der Waals surface area contributed by atoms with Crippen LogP contribution in [0.5, 0.6) is 5.88 Å². The van der Waals surface area contributed by atoms with Crippen molar-refractivity contribution in [3.05, 3.63) is 94.3 Å². The molecule has 0 amide bonds. The maximum Gasteiger partial charge on any atom is 0.266 e. The first kappa shape index (κ1) is 25.9. The van der Waals surface area contributed by atoms with E-state index in [0.29, 0.717) is 45.4 Å².